The van der Waals surface area contributed by atoms with Crippen molar-refractivity contribution in [2.24, 2.45) is 4.99 Å². The second-order valence-electron chi connectivity index (χ2n) is 4.17. The zero-order chi connectivity index (χ0) is 15.0. The van der Waals surface area contributed by atoms with Gasteiger partial charge in [-0.1, -0.05) is 38.3 Å². The Kier molecular flexibility index (Phi) is 7.36. The Balaban J connectivity index is 3.21. The second kappa shape index (κ2) is 8.79. The minimum absolute atomic E-state index is 0.302. The van der Waals surface area contributed by atoms with Gasteiger partial charge in [0.25, 0.3) is 0 Å². The smallest absolute Gasteiger partial charge is 0.340 e. The Labute approximate surface area is 123 Å². The topological polar surface area (TPSA) is 38.7 Å². The van der Waals surface area contributed by atoms with E-state index in [0.717, 1.165) is 19.2 Å². The average molecular weight is 307 g/mol. The highest BCUT2D eigenvalue weighted by Crippen LogP contribution is 2.27. The van der Waals surface area contributed by atoms with Gasteiger partial charge in [-0.2, -0.15) is 0 Å². The Morgan fingerprint density at radius 3 is 2.45 bits per heavy atom. The Hall–Kier alpha value is -1.30. The van der Waals surface area contributed by atoms with Crippen LogP contribution in [0.4, 0.5) is 0 Å². The first kappa shape index (κ1) is 16.8. The van der Waals surface area contributed by atoms with Crippen molar-refractivity contribution in [3.63, 3.8) is 0 Å². The van der Waals surface area contributed by atoms with Gasteiger partial charge in [-0.15, -0.1) is 8.20 Å². The summed E-state index contributed by atoms with van der Waals surface area (Å²) in [6, 6.07) is 9.44. The first-order valence-electron chi connectivity index (χ1n) is 6.11. The normalized spacial score (nSPS) is 13.1. The monoisotopic (exact) mass is 307 g/mol. The molecule has 0 aliphatic heterocycles. The minimum Gasteiger partial charge on any atom is -0.465 e. The summed E-state index contributed by atoms with van der Waals surface area (Å²) < 4.78 is 4.84. The lowest BCUT2D eigenvalue weighted by Gasteiger charge is -2.06. The van der Waals surface area contributed by atoms with E-state index in [2.05, 4.69) is 30.8 Å². The molecule has 0 atom stereocenters. The molecule has 0 spiro atoms. The first-order valence-corrected chi connectivity index (χ1v) is 9.76. The molecule has 0 bridgehead atoms. The van der Waals surface area contributed by atoms with Crippen LogP contribution < -0.4 is 0 Å². The number of benzene rings is 1. The standard InChI is InChI=1S/C15H19NO2P2/c1-18-15(17)13(12-8-6-5-7-9-12)10-16-14(11-19-2)20(3)4/h5-11H,1-4H3/b13-10+,16-14?. The summed E-state index contributed by atoms with van der Waals surface area (Å²) in [7, 11) is 2.24. The van der Waals surface area contributed by atoms with Crippen LogP contribution in [0, 0.1) is 0 Å². The minimum atomic E-state index is -0.370. The maximum Gasteiger partial charge on any atom is 0.340 e. The fourth-order valence-corrected chi connectivity index (χ4v) is 3.34. The summed E-state index contributed by atoms with van der Waals surface area (Å²) in [5.41, 5.74) is 2.32. The van der Waals surface area contributed by atoms with E-state index in [1.807, 2.05) is 30.3 Å². The molecule has 20 heavy (non-hydrogen) atoms. The van der Waals surface area contributed by atoms with Crippen LogP contribution in [-0.4, -0.2) is 44.3 Å². The van der Waals surface area contributed by atoms with Crippen molar-refractivity contribution in [1.82, 2.24) is 0 Å². The highest BCUT2D eigenvalue weighted by atomic mass is 31.1. The fourth-order valence-electron chi connectivity index (χ4n) is 1.48. The van der Waals surface area contributed by atoms with Gasteiger partial charge in [-0.3, -0.25) is 4.99 Å². The Bertz CT molecular complexity index is 534. The van der Waals surface area contributed by atoms with E-state index in [0.29, 0.717) is 5.57 Å². The van der Waals surface area contributed by atoms with Crippen molar-refractivity contribution in [1.29, 1.82) is 0 Å². The molecule has 0 saturated carbocycles. The highest BCUT2D eigenvalue weighted by Gasteiger charge is 2.12. The maximum atomic E-state index is 11.9. The van der Waals surface area contributed by atoms with E-state index in [1.54, 1.807) is 6.20 Å². The number of ether oxygens (including phenoxy) is 1. The molecule has 1 rings (SSSR count). The fraction of sp³-hybridized carbons (Fsp3) is 0.267. The SMILES string of the molecule is COC(=O)/C(=C/N=C(C=PC)P(C)C)c1ccccc1. The largest absolute Gasteiger partial charge is 0.465 e. The third-order valence-electron chi connectivity index (χ3n) is 2.52. The molecule has 5 heteroatoms. The van der Waals surface area contributed by atoms with E-state index in [-0.39, 0.29) is 13.9 Å². The molecule has 0 fully saturated rings. The lowest BCUT2D eigenvalue weighted by molar-refractivity contribution is -0.133. The number of esters is 1. The summed E-state index contributed by atoms with van der Waals surface area (Å²) in [5.74, 6) is 1.70. The number of nitrogens with zero attached hydrogens (tertiary/aromatic N) is 1. The molecule has 0 aliphatic rings. The molecule has 3 nitrogen and oxygen atoms in total. The van der Waals surface area contributed by atoms with Crippen LogP contribution in [0.25, 0.3) is 5.57 Å². The van der Waals surface area contributed by atoms with Crippen molar-refractivity contribution in [2.75, 3.05) is 27.1 Å². The van der Waals surface area contributed by atoms with Gasteiger partial charge in [-0.25, -0.2) is 4.79 Å². The number of methoxy groups -OCH3 is 1. The van der Waals surface area contributed by atoms with E-state index < -0.39 is 0 Å². The van der Waals surface area contributed by atoms with Crippen molar-refractivity contribution in [3.05, 3.63) is 42.1 Å². The number of carbonyl (C=O) groups excluding carboxylic acids is 1. The van der Waals surface area contributed by atoms with Gasteiger partial charge in [-0.05, 0) is 31.4 Å². The quantitative estimate of drug-likeness (QED) is 0.360. The van der Waals surface area contributed by atoms with Gasteiger partial charge in [0, 0.05) is 6.20 Å². The number of hydrogen-bond acceptors (Lipinski definition) is 3. The van der Waals surface area contributed by atoms with Crippen LogP contribution in [0.15, 0.2) is 41.5 Å². The van der Waals surface area contributed by atoms with Gasteiger partial charge < -0.3 is 4.74 Å². The number of aliphatic imine (C=N–C) groups is 1. The van der Waals surface area contributed by atoms with Crippen LogP contribution in [0.2, 0.25) is 0 Å². The molecular formula is C15H19NO2P2. The molecule has 0 saturated heterocycles. The van der Waals surface area contributed by atoms with Gasteiger partial charge in [0.15, 0.2) is 0 Å². The van der Waals surface area contributed by atoms with Gasteiger partial charge in [0.05, 0.1) is 18.1 Å². The van der Waals surface area contributed by atoms with Crippen molar-refractivity contribution in [3.8, 4) is 0 Å². The average Bonchev–Trinajstić information content (AvgIpc) is 2.46. The molecule has 106 valence electrons. The molecule has 0 N–H and O–H groups in total. The molecule has 1 aromatic rings. The molecular weight excluding hydrogens is 288 g/mol. The van der Waals surface area contributed by atoms with Crippen LogP contribution in [0.3, 0.4) is 0 Å². The summed E-state index contributed by atoms with van der Waals surface area (Å²) in [4.78, 5) is 16.4. The number of hydrogen-bond donors (Lipinski definition) is 0. The number of carbonyl (C=O) groups is 1. The molecule has 0 heterocycles. The predicted molar refractivity (Wildman–Crippen MR) is 91.5 cm³/mol. The van der Waals surface area contributed by atoms with E-state index in [9.17, 15) is 4.79 Å². The first-order chi connectivity index (χ1) is 9.60. The Morgan fingerprint density at radius 1 is 1.30 bits per heavy atom. The summed E-state index contributed by atoms with van der Waals surface area (Å²) in [6.45, 7) is 6.34. The Morgan fingerprint density at radius 2 is 1.95 bits per heavy atom. The summed E-state index contributed by atoms with van der Waals surface area (Å²) >= 11 is 0. The van der Waals surface area contributed by atoms with Gasteiger partial charge in [0.1, 0.15) is 0 Å². The molecule has 0 amide bonds. The number of rotatable bonds is 5. The van der Waals surface area contributed by atoms with Crippen LogP contribution >= 0.6 is 16.1 Å². The third-order valence-corrected chi connectivity index (χ3v) is 4.39. The molecule has 0 unspecified atom stereocenters. The molecule has 1 aromatic carbocycles. The van der Waals surface area contributed by atoms with Gasteiger partial charge >= 0.3 is 5.97 Å². The predicted octanol–water partition coefficient (Wildman–Crippen LogP) is 3.72. The van der Waals surface area contributed by atoms with E-state index >= 15 is 0 Å². The van der Waals surface area contributed by atoms with Crippen LogP contribution in [0.5, 0.6) is 0 Å². The zero-order valence-electron chi connectivity index (χ0n) is 12.2. The van der Waals surface area contributed by atoms with Crippen LogP contribution in [0.1, 0.15) is 5.56 Å². The highest BCUT2D eigenvalue weighted by molar-refractivity contribution is 7.78. The van der Waals surface area contributed by atoms with E-state index in [4.69, 9.17) is 4.74 Å². The summed E-state index contributed by atoms with van der Waals surface area (Å²) in [5, 5.41) is 0. The molecule has 0 aromatic heterocycles. The van der Waals surface area contributed by atoms with E-state index in [1.165, 1.54) is 7.11 Å². The van der Waals surface area contributed by atoms with Crippen LogP contribution in [-0.2, 0) is 9.53 Å². The zero-order valence-corrected chi connectivity index (χ0v) is 14.0. The maximum absolute atomic E-state index is 11.9. The van der Waals surface area contributed by atoms with Gasteiger partial charge in [0.2, 0.25) is 0 Å². The van der Waals surface area contributed by atoms with Crippen molar-refractivity contribution >= 4 is 38.9 Å². The molecule has 0 radical (unpaired) electrons. The lowest BCUT2D eigenvalue weighted by Crippen LogP contribution is -2.04. The van der Waals surface area contributed by atoms with Crippen molar-refractivity contribution < 1.29 is 9.53 Å². The lowest BCUT2D eigenvalue weighted by atomic mass is 10.1. The second-order valence-corrected chi connectivity index (χ2v) is 7.19. The summed E-state index contributed by atoms with van der Waals surface area (Å²) in [6.07, 6.45) is 1.61. The van der Waals surface area contributed by atoms with Crippen molar-refractivity contribution in [2.45, 2.75) is 0 Å². The molecule has 0 aliphatic carbocycles. The third kappa shape index (κ3) is 5.00.